The van der Waals surface area contributed by atoms with Crippen LogP contribution in [0.25, 0.3) is 0 Å². The second-order valence-electron chi connectivity index (χ2n) is 5.77. The van der Waals surface area contributed by atoms with Gasteiger partial charge in [-0.1, -0.05) is 32.6 Å². The van der Waals surface area contributed by atoms with E-state index in [1.54, 1.807) is 0 Å². The van der Waals surface area contributed by atoms with Gasteiger partial charge in [0.2, 0.25) is 11.8 Å². The van der Waals surface area contributed by atoms with Crippen LogP contribution in [0.5, 0.6) is 0 Å². The lowest BCUT2D eigenvalue weighted by molar-refractivity contribution is 0.357. The number of hydrogen-bond donors (Lipinski definition) is 1. The third-order valence-electron chi connectivity index (χ3n) is 3.99. The number of nitrogens with zero attached hydrogens (tertiary/aromatic N) is 2. The fraction of sp³-hybridized carbons (Fsp3) is 0.867. The minimum absolute atomic E-state index is 0.162. The van der Waals surface area contributed by atoms with E-state index in [0.717, 1.165) is 37.1 Å². The summed E-state index contributed by atoms with van der Waals surface area (Å²) < 4.78 is 5.80. The first kappa shape index (κ1) is 14.5. The highest BCUT2D eigenvalue weighted by molar-refractivity contribution is 4.89. The van der Waals surface area contributed by atoms with Gasteiger partial charge in [-0.3, -0.25) is 0 Å². The van der Waals surface area contributed by atoms with Crippen molar-refractivity contribution in [1.29, 1.82) is 0 Å². The highest BCUT2D eigenvalue weighted by Gasteiger charge is 2.18. The topological polar surface area (TPSA) is 51.0 Å². The zero-order valence-electron chi connectivity index (χ0n) is 12.3. The smallest absolute Gasteiger partial charge is 0.233 e. The van der Waals surface area contributed by atoms with Gasteiger partial charge in [0.25, 0.3) is 0 Å². The Morgan fingerprint density at radius 1 is 1.21 bits per heavy atom. The molecule has 4 nitrogen and oxygen atoms in total. The van der Waals surface area contributed by atoms with Gasteiger partial charge in [0.1, 0.15) is 0 Å². The van der Waals surface area contributed by atoms with Crippen molar-refractivity contribution in [1.82, 2.24) is 15.5 Å². The van der Waals surface area contributed by atoms with Crippen LogP contribution in [-0.2, 0) is 6.42 Å². The molecule has 1 fully saturated rings. The molecule has 0 aliphatic heterocycles. The molecule has 1 N–H and O–H groups in total. The highest BCUT2D eigenvalue weighted by Crippen LogP contribution is 2.26. The Balaban J connectivity index is 1.85. The molecule has 108 valence electrons. The molecule has 0 radical (unpaired) electrons. The molecule has 0 bridgehead atoms. The predicted molar refractivity (Wildman–Crippen MR) is 75.9 cm³/mol. The molecule has 1 aromatic rings. The van der Waals surface area contributed by atoms with E-state index in [0.29, 0.717) is 0 Å². The first-order chi connectivity index (χ1) is 9.29. The molecule has 1 aromatic heterocycles. The third kappa shape index (κ3) is 4.60. The van der Waals surface area contributed by atoms with Gasteiger partial charge in [0, 0.05) is 6.42 Å². The van der Waals surface area contributed by atoms with E-state index in [1.165, 1.54) is 38.5 Å². The number of nitrogens with one attached hydrogen (secondary N) is 1. The van der Waals surface area contributed by atoms with Crippen LogP contribution in [0.2, 0.25) is 0 Å². The zero-order chi connectivity index (χ0) is 13.5. The van der Waals surface area contributed by atoms with E-state index in [4.69, 9.17) is 4.42 Å². The van der Waals surface area contributed by atoms with E-state index in [9.17, 15) is 0 Å². The summed E-state index contributed by atoms with van der Waals surface area (Å²) in [6.07, 6.45) is 10.2. The summed E-state index contributed by atoms with van der Waals surface area (Å²) in [5.41, 5.74) is 0. The van der Waals surface area contributed by atoms with Crippen molar-refractivity contribution < 1.29 is 4.42 Å². The third-order valence-corrected chi connectivity index (χ3v) is 3.99. The molecule has 1 atom stereocenters. The second-order valence-corrected chi connectivity index (χ2v) is 5.77. The summed E-state index contributed by atoms with van der Waals surface area (Å²) in [5.74, 6) is 2.30. The molecular formula is C15H27N3O. The van der Waals surface area contributed by atoms with E-state index < -0.39 is 0 Å². The Bertz CT molecular complexity index is 356. The Kier molecular flexibility index (Phi) is 5.83. The van der Waals surface area contributed by atoms with Gasteiger partial charge in [-0.25, -0.2) is 0 Å². The standard InChI is InChI=1S/C15H27N3O/c1-3-10-16-12(2)15-18-17-14(19-15)11-13-8-6-4-5-7-9-13/h12-13,16H,3-11H2,1-2H3. The van der Waals surface area contributed by atoms with Crippen molar-refractivity contribution in [2.45, 2.75) is 71.3 Å². The van der Waals surface area contributed by atoms with Crippen LogP contribution in [0.15, 0.2) is 4.42 Å². The maximum atomic E-state index is 5.80. The van der Waals surface area contributed by atoms with Gasteiger partial charge < -0.3 is 9.73 Å². The van der Waals surface area contributed by atoms with Gasteiger partial charge in [-0.15, -0.1) is 10.2 Å². The fourth-order valence-electron chi connectivity index (χ4n) is 2.79. The largest absolute Gasteiger partial charge is 0.424 e. The molecule has 0 aromatic carbocycles. The van der Waals surface area contributed by atoms with Crippen LogP contribution in [0, 0.1) is 5.92 Å². The van der Waals surface area contributed by atoms with E-state index in [-0.39, 0.29) is 6.04 Å². The van der Waals surface area contributed by atoms with Crippen LogP contribution in [0.3, 0.4) is 0 Å². The Hall–Kier alpha value is -0.900. The van der Waals surface area contributed by atoms with Crippen molar-refractivity contribution in [2.24, 2.45) is 5.92 Å². The first-order valence-corrected chi connectivity index (χ1v) is 7.85. The van der Waals surface area contributed by atoms with E-state index in [1.807, 2.05) is 0 Å². The van der Waals surface area contributed by atoms with Crippen LogP contribution in [-0.4, -0.2) is 16.7 Å². The monoisotopic (exact) mass is 265 g/mol. The van der Waals surface area contributed by atoms with E-state index >= 15 is 0 Å². The maximum absolute atomic E-state index is 5.80. The maximum Gasteiger partial charge on any atom is 0.233 e. The van der Waals surface area contributed by atoms with Gasteiger partial charge in [0.05, 0.1) is 6.04 Å². The minimum atomic E-state index is 0.162. The summed E-state index contributed by atoms with van der Waals surface area (Å²) in [6, 6.07) is 0.162. The summed E-state index contributed by atoms with van der Waals surface area (Å²) >= 11 is 0. The normalized spacial score (nSPS) is 19.3. The molecule has 1 aliphatic rings. The molecule has 4 heteroatoms. The average molecular weight is 265 g/mol. The number of hydrogen-bond acceptors (Lipinski definition) is 4. The molecular weight excluding hydrogens is 238 g/mol. The van der Waals surface area contributed by atoms with Gasteiger partial charge in [-0.2, -0.15) is 0 Å². The number of rotatable bonds is 6. The number of aromatic nitrogens is 2. The summed E-state index contributed by atoms with van der Waals surface area (Å²) in [7, 11) is 0. The van der Waals surface area contributed by atoms with Gasteiger partial charge in [0.15, 0.2) is 0 Å². The van der Waals surface area contributed by atoms with Gasteiger partial charge in [-0.05, 0) is 38.6 Å². The van der Waals surface area contributed by atoms with Gasteiger partial charge >= 0.3 is 0 Å². The Labute approximate surface area is 116 Å². The van der Waals surface area contributed by atoms with E-state index in [2.05, 4.69) is 29.4 Å². The van der Waals surface area contributed by atoms with Crippen molar-refractivity contribution >= 4 is 0 Å². The lowest BCUT2D eigenvalue weighted by Crippen LogP contribution is -2.19. The van der Waals surface area contributed by atoms with Crippen molar-refractivity contribution in [2.75, 3.05) is 6.54 Å². The summed E-state index contributed by atoms with van der Waals surface area (Å²) in [4.78, 5) is 0. The van der Waals surface area contributed by atoms with Crippen LogP contribution in [0.4, 0.5) is 0 Å². The Morgan fingerprint density at radius 2 is 1.95 bits per heavy atom. The molecule has 1 saturated carbocycles. The van der Waals surface area contributed by atoms with Crippen molar-refractivity contribution in [3.63, 3.8) is 0 Å². The molecule has 0 amide bonds. The quantitative estimate of drug-likeness (QED) is 0.798. The van der Waals surface area contributed by atoms with Crippen LogP contribution in [0.1, 0.15) is 76.6 Å². The molecule has 0 spiro atoms. The molecule has 0 saturated heterocycles. The second kappa shape index (κ2) is 7.63. The SMILES string of the molecule is CCCNC(C)c1nnc(CC2CCCCCC2)o1. The lowest BCUT2D eigenvalue weighted by atomic mass is 9.97. The van der Waals surface area contributed by atoms with Crippen LogP contribution >= 0.6 is 0 Å². The first-order valence-electron chi connectivity index (χ1n) is 7.85. The molecule has 19 heavy (non-hydrogen) atoms. The highest BCUT2D eigenvalue weighted by atomic mass is 16.4. The fourth-order valence-corrected chi connectivity index (χ4v) is 2.79. The molecule has 1 unspecified atom stereocenters. The average Bonchev–Trinajstić information content (AvgIpc) is 2.73. The molecule has 1 aliphatic carbocycles. The summed E-state index contributed by atoms with van der Waals surface area (Å²) in [5, 5.41) is 11.8. The summed E-state index contributed by atoms with van der Waals surface area (Å²) in [6.45, 7) is 5.23. The van der Waals surface area contributed by atoms with Crippen LogP contribution < -0.4 is 5.32 Å². The van der Waals surface area contributed by atoms with Crippen molar-refractivity contribution in [3.05, 3.63) is 11.8 Å². The molecule has 1 heterocycles. The van der Waals surface area contributed by atoms with Crippen molar-refractivity contribution in [3.8, 4) is 0 Å². The Morgan fingerprint density at radius 3 is 2.63 bits per heavy atom. The zero-order valence-corrected chi connectivity index (χ0v) is 12.3. The lowest BCUT2D eigenvalue weighted by Gasteiger charge is -2.10. The predicted octanol–water partition coefficient (Wildman–Crippen LogP) is 3.64. The molecule has 2 rings (SSSR count). The minimum Gasteiger partial charge on any atom is -0.424 e.